The Kier molecular flexibility index (Phi) is 8.98. The number of carbonyl (C=O) groups is 3. The number of amides is 3. The summed E-state index contributed by atoms with van der Waals surface area (Å²) >= 11 is 0. The molecule has 182 valence electrons. The number of halogens is 1. The van der Waals surface area contributed by atoms with Gasteiger partial charge in [0.05, 0.1) is 5.92 Å². The van der Waals surface area contributed by atoms with Crippen LogP contribution >= 0.6 is 0 Å². The van der Waals surface area contributed by atoms with Crippen molar-refractivity contribution in [2.24, 2.45) is 5.92 Å². The molecule has 1 aliphatic rings. The van der Waals surface area contributed by atoms with Crippen LogP contribution in [0, 0.1) is 5.92 Å². The summed E-state index contributed by atoms with van der Waals surface area (Å²) in [5.41, 5.74) is 1.78. The number of nitrogens with one attached hydrogen (secondary N) is 2. The molecule has 3 N–H and O–H groups in total. The molecule has 8 nitrogen and oxygen atoms in total. The maximum Gasteiger partial charge on any atom is 0.278 e. The highest BCUT2D eigenvalue weighted by molar-refractivity contribution is 5.98. The molecule has 1 heterocycles. The van der Waals surface area contributed by atoms with E-state index in [4.69, 9.17) is 9.94 Å². The quantitative estimate of drug-likeness (QED) is 0.358. The zero-order valence-corrected chi connectivity index (χ0v) is 19.1. The highest BCUT2D eigenvalue weighted by Gasteiger charge is 2.41. The summed E-state index contributed by atoms with van der Waals surface area (Å²) in [6.07, 6.45) is 0.219. The fraction of sp³-hybridized carbons (Fsp3) is 0.400. The lowest BCUT2D eigenvalue weighted by atomic mass is 9.94. The third-order valence-electron chi connectivity index (χ3n) is 5.82. The van der Waals surface area contributed by atoms with Crippen molar-refractivity contribution in [3.63, 3.8) is 0 Å². The Balaban J connectivity index is 1.70. The number of alkyl halides is 1. The van der Waals surface area contributed by atoms with Crippen molar-refractivity contribution in [3.05, 3.63) is 54.6 Å². The molecule has 34 heavy (non-hydrogen) atoms. The minimum atomic E-state index is -2.19. The van der Waals surface area contributed by atoms with Gasteiger partial charge in [-0.1, -0.05) is 44.0 Å². The van der Waals surface area contributed by atoms with E-state index in [2.05, 4.69) is 5.32 Å². The van der Waals surface area contributed by atoms with Crippen molar-refractivity contribution >= 4 is 23.4 Å². The molecular formula is C25H30FN3O5. The van der Waals surface area contributed by atoms with Crippen molar-refractivity contribution in [2.45, 2.75) is 51.2 Å². The van der Waals surface area contributed by atoms with E-state index in [0.29, 0.717) is 49.4 Å². The number of anilines is 1. The summed E-state index contributed by atoms with van der Waals surface area (Å²) in [7, 11) is 0. The smallest absolute Gasteiger partial charge is 0.278 e. The second-order valence-corrected chi connectivity index (χ2v) is 8.25. The normalized spacial score (nSPS) is 17.0. The minimum Gasteiger partial charge on any atom is -0.457 e. The topological polar surface area (TPSA) is 108 Å². The molecule has 0 saturated carbocycles. The maximum absolute atomic E-state index is 14.7. The summed E-state index contributed by atoms with van der Waals surface area (Å²) in [4.78, 5) is 39.2. The lowest BCUT2D eigenvalue weighted by Gasteiger charge is -2.29. The molecular weight excluding hydrogens is 441 g/mol. The number of benzene rings is 2. The zero-order chi connectivity index (χ0) is 24.5. The van der Waals surface area contributed by atoms with Crippen LogP contribution in [0.3, 0.4) is 0 Å². The van der Waals surface area contributed by atoms with Crippen LogP contribution in [-0.4, -0.2) is 46.6 Å². The molecule has 3 unspecified atom stereocenters. The first-order chi connectivity index (χ1) is 16.4. The Morgan fingerprint density at radius 2 is 1.88 bits per heavy atom. The molecule has 3 atom stereocenters. The van der Waals surface area contributed by atoms with Crippen molar-refractivity contribution in [3.8, 4) is 11.5 Å². The van der Waals surface area contributed by atoms with E-state index in [9.17, 15) is 18.8 Å². The van der Waals surface area contributed by atoms with Crippen molar-refractivity contribution in [1.29, 1.82) is 0 Å². The van der Waals surface area contributed by atoms with E-state index in [-0.39, 0.29) is 12.3 Å². The van der Waals surface area contributed by atoms with Crippen molar-refractivity contribution < 1.29 is 28.7 Å². The first-order valence-electron chi connectivity index (χ1n) is 11.5. The number of hydroxylamine groups is 1. The SMILES string of the molecule is CCCCC(C(=O)N1CCCC1C(=O)Nc1cccc(Oc2ccccc2)c1)C(F)C(=O)NO. The number of hydrogen-bond acceptors (Lipinski definition) is 5. The molecule has 0 aliphatic carbocycles. The van der Waals surface area contributed by atoms with Gasteiger partial charge in [0.15, 0.2) is 6.17 Å². The average Bonchev–Trinajstić information content (AvgIpc) is 3.34. The van der Waals surface area contributed by atoms with E-state index in [1.807, 2.05) is 37.3 Å². The van der Waals surface area contributed by atoms with E-state index < -0.39 is 29.9 Å². The lowest BCUT2D eigenvalue weighted by Crippen LogP contribution is -2.49. The fourth-order valence-corrected chi connectivity index (χ4v) is 4.07. The van der Waals surface area contributed by atoms with Gasteiger partial charge in [0.2, 0.25) is 11.8 Å². The molecule has 0 aromatic heterocycles. The number of para-hydroxylation sites is 1. The largest absolute Gasteiger partial charge is 0.457 e. The average molecular weight is 472 g/mol. The summed E-state index contributed by atoms with van der Waals surface area (Å²) in [5.74, 6) is -2.31. The van der Waals surface area contributed by atoms with Crippen LogP contribution in [-0.2, 0) is 14.4 Å². The molecule has 0 spiro atoms. The number of ether oxygens (including phenoxy) is 1. The third kappa shape index (κ3) is 6.32. The minimum absolute atomic E-state index is 0.146. The zero-order valence-electron chi connectivity index (χ0n) is 19.1. The van der Waals surface area contributed by atoms with E-state index >= 15 is 0 Å². The molecule has 2 aromatic rings. The van der Waals surface area contributed by atoms with Gasteiger partial charge in [-0.3, -0.25) is 19.6 Å². The predicted molar refractivity (Wildman–Crippen MR) is 124 cm³/mol. The van der Waals surface area contributed by atoms with Gasteiger partial charge >= 0.3 is 0 Å². The van der Waals surface area contributed by atoms with Crippen LogP contribution in [0.1, 0.15) is 39.0 Å². The van der Waals surface area contributed by atoms with Gasteiger partial charge in [-0.2, -0.15) is 0 Å². The number of rotatable bonds is 10. The molecule has 2 aromatic carbocycles. The van der Waals surface area contributed by atoms with Crippen LogP contribution in [0.25, 0.3) is 0 Å². The van der Waals surface area contributed by atoms with E-state index in [1.165, 1.54) is 10.4 Å². The molecule has 9 heteroatoms. The molecule has 0 radical (unpaired) electrons. The third-order valence-corrected chi connectivity index (χ3v) is 5.82. The molecule has 3 amide bonds. The summed E-state index contributed by atoms with van der Waals surface area (Å²) in [5, 5.41) is 11.6. The molecule has 1 saturated heterocycles. The van der Waals surface area contributed by atoms with Crippen LogP contribution in [0.15, 0.2) is 54.6 Å². The van der Waals surface area contributed by atoms with Gasteiger partial charge in [-0.25, -0.2) is 9.87 Å². The van der Waals surface area contributed by atoms with Gasteiger partial charge < -0.3 is 15.0 Å². The van der Waals surface area contributed by atoms with Crippen molar-refractivity contribution in [1.82, 2.24) is 10.4 Å². The first-order valence-corrected chi connectivity index (χ1v) is 11.5. The summed E-state index contributed by atoms with van der Waals surface area (Å²) < 4.78 is 20.5. The number of unbranched alkanes of at least 4 members (excludes halogenated alkanes) is 1. The summed E-state index contributed by atoms with van der Waals surface area (Å²) in [6, 6.07) is 15.3. The summed E-state index contributed by atoms with van der Waals surface area (Å²) in [6.45, 7) is 2.19. The van der Waals surface area contributed by atoms with E-state index in [0.717, 1.165) is 0 Å². The lowest BCUT2D eigenvalue weighted by molar-refractivity contribution is -0.148. The number of likely N-dealkylation sites (tertiary alicyclic amines) is 1. The highest BCUT2D eigenvalue weighted by atomic mass is 19.1. The van der Waals surface area contributed by atoms with Gasteiger partial charge in [0, 0.05) is 18.3 Å². The van der Waals surface area contributed by atoms with E-state index in [1.54, 1.807) is 24.3 Å². The second kappa shape index (κ2) is 12.1. The molecule has 1 aliphatic heterocycles. The Morgan fingerprint density at radius 1 is 1.15 bits per heavy atom. The first kappa shape index (κ1) is 25.2. The Morgan fingerprint density at radius 3 is 2.59 bits per heavy atom. The highest BCUT2D eigenvalue weighted by Crippen LogP contribution is 2.28. The molecule has 1 fully saturated rings. The van der Waals surface area contributed by atoms with Gasteiger partial charge in [0.1, 0.15) is 17.5 Å². The Bertz CT molecular complexity index is 988. The van der Waals surface area contributed by atoms with Crippen LogP contribution in [0.5, 0.6) is 11.5 Å². The Hall–Kier alpha value is -3.46. The molecule has 3 rings (SSSR count). The van der Waals surface area contributed by atoms with Crippen LogP contribution in [0.2, 0.25) is 0 Å². The standard InChI is InChI=1S/C25H30FN3O5/c1-2-3-13-20(22(26)24(31)28-33)25(32)29-15-8-14-21(29)23(30)27-17-9-7-12-19(16-17)34-18-10-5-4-6-11-18/h4-7,9-12,16,20-22,33H,2-3,8,13-15H2,1H3,(H,27,30)(H,28,31). The van der Waals surface area contributed by atoms with Gasteiger partial charge in [-0.15, -0.1) is 0 Å². The van der Waals surface area contributed by atoms with Crippen molar-refractivity contribution in [2.75, 3.05) is 11.9 Å². The second-order valence-electron chi connectivity index (χ2n) is 8.25. The number of hydrogen-bond donors (Lipinski definition) is 3. The molecule has 0 bridgehead atoms. The van der Waals surface area contributed by atoms with Gasteiger partial charge in [0.25, 0.3) is 5.91 Å². The maximum atomic E-state index is 14.7. The fourth-order valence-electron chi connectivity index (χ4n) is 4.07. The number of nitrogens with zero attached hydrogens (tertiary/aromatic N) is 1. The van der Waals surface area contributed by atoms with Crippen LogP contribution < -0.4 is 15.5 Å². The monoisotopic (exact) mass is 471 g/mol. The Labute approximate surface area is 198 Å². The number of carbonyl (C=O) groups excluding carboxylic acids is 3. The predicted octanol–water partition coefficient (Wildman–Crippen LogP) is 4.06. The van der Waals surface area contributed by atoms with Crippen LogP contribution in [0.4, 0.5) is 10.1 Å². The van der Waals surface area contributed by atoms with Gasteiger partial charge in [-0.05, 0) is 43.5 Å².